The number of hydrogen-bond acceptors (Lipinski definition) is 6. The molecule has 1 aliphatic carbocycles. The summed E-state index contributed by atoms with van der Waals surface area (Å²) in [6.07, 6.45) is 0.693. The maximum atomic E-state index is 11.8. The van der Waals surface area contributed by atoms with Crippen LogP contribution in [0.1, 0.15) is 32.6 Å². The molecule has 0 aromatic rings. The van der Waals surface area contributed by atoms with Crippen molar-refractivity contribution in [2.45, 2.75) is 32.6 Å². The molecule has 0 radical (unpaired) electrons. The molecule has 1 saturated heterocycles. The molecule has 2 amide bonds. The summed E-state index contributed by atoms with van der Waals surface area (Å²) < 4.78 is 4.78. The Labute approximate surface area is 103 Å². The molecule has 7 nitrogen and oxygen atoms in total. The average Bonchev–Trinajstić information content (AvgIpc) is 3.08. The Morgan fingerprint density at radius 1 is 1.17 bits per heavy atom. The van der Waals surface area contributed by atoms with Gasteiger partial charge in [-0.2, -0.15) is 0 Å². The summed E-state index contributed by atoms with van der Waals surface area (Å²) in [5, 5.41) is 0.446. The van der Waals surface area contributed by atoms with Gasteiger partial charge in [-0.25, -0.2) is 4.79 Å². The zero-order chi connectivity index (χ0) is 13.3. The molecule has 98 valence electrons. The van der Waals surface area contributed by atoms with Crippen molar-refractivity contribution in [1.82, 2.24) is 5.06 Å². The monoisotopic (exact) mass is 255 g/mol. The number of hydroxylamine groups is 2. The largest absolute Gasteiger partial charge is 0.465 e. The van der Waals surface area contributed by atoms with Crippen molar-refractivity contribution in [3.05, 3.63) is 0 Å². The summed E-state index contributed by atoms with van der Waals surface area (Å²) in [5.41, 5.74) is -1.32. The lowest BCUT2D eigenvalue weighted by Gasteiger charge is -2.17. The van der Waals surface area contributed by atoms with E-state index >= 15 is 0 Å². The molecular formula is C11H13NO6. The first kappa shape index (κ1) is 12.5. The third-order valence-corrected chi connectivity index (χ3v) is 2.99. The third-order valence-electron chi connectivity index (χ3n) is 2.99. The molecule has 1 saturated carbocycles. The van der Waals surface area contributed by atoms with Crippen molar-refractivity contribution in [3.63, 3.8) is 0 Å². The first-order valence-corrected chi connectivity index (χ1v) is 5.76. The highest BCUT2D eigenvalue weighted by Crippen LogP contribution is 2.48. The molecule has 0 atom stereocenters. The maximum Gasteiger partial charge on any atom is 0.350 e. The van der Waals surface area contributed by atoms with Crippen LogP contribution in [0.25, 0.3) is 0 Å². The van der Waals surface area contributed by atoms with E-state index in [0.29, 0.717) is 17.9 Å². The predicted molar refractivity (Wildman–Crippen MR) is 55.5 cm³/mol. The van der Waals surface area contributed by atoms with Crippen LogP contribution in [0.3, 0.4) is 0 Å². The molecule has 0 aromatic carbocycles. The summed E-state index contributed by atoms with van der Waals surface area (Å²) in [4.78, 5) is 50.7. The van der Waals surface area contributed by atoms with Gasteiger partial charge >= 0.3 is 11.9 Å². The van der Waals surface area contributed by atoms with Gasteiger partial charge in [0.1, 0.15) is 0 Å². The summed E-state index contributed by atoms with van der Waals surface area (Å²) >= 11 is 0. The van der Waals surface area contributed by atoms with Crippen molar-refractivity contribution in [1.29, 1.82) is 0 Å². The molecule has 0 unspecified atom stereocenters. The van der Waals surface area contributed by atoms with E-state index in [4.69, 9.17) is 9.57 Å². The minimum absolute atomic E-state index is 0.0263. The number of esters is 1. The van der Waals surface area contributed by atoms with E-state index in [1.54, 1.807) is 6.92 Å². The van der Waals surface area contributed by atoms with E-state index in [1.165, 1.54) is 0 Å². The Hall–Kier alpha value is -1.92. The van der Waals surface area contributed by atoms with Gasteiger partial charge in [-0.3, -0.25) is 14.4 Å². The average molecular weight is 255 g/mol. The Morgan fingerprint density at radius 3 is 2.17 bits per heavy atom. The zero-order valence-corrected chi connectivity index (χ0v) is 9.93. The number of imide groups is 1. The second kappa shape index (κ2) is 4.40. The Morgan fingerprint density at radius 2 is 1.72 bits per heavy atom. The highest BCUT2D eigenvalue weighted by Gasteiger charge is 2.61. The van der Waals surface area contributed by atoms with E-state index in [0.717, 1.165) is 0 Å². The predicted octanol–water partition coefficient (Wildman–Crippen LogP) is -0.0631. The lowest BCUT2D eigenvalue weighted by molar-refractivity contribution is -0.204. The molecule has 0 N–H and O–H groups in total. The first-order chi connectivity index (χ1) is 8.51. The highest BCUT2D eigenvalue weighted by molar-refractivity contribution is 6.06. The van der Waals surface area contributed by atoms with Crippen LogP contribution in [0, 0.1) is 5.41 Å². The fourth-order valence-electron chi connectivity index (χ4n) is 1.71. The molecule has 18 heavy (non-hydrogen) atoms. The van der Waals surface area contributed by atoms with Crippen molar-refractivity contribution in [2.24, 2.45) is 5.41 Å². The van der Waals surface area contributed by atoms with E-state index in [1.807, 2.05) is 0 Å². The van der Waals surface area contributed by atoms with Gasteiger partial charge in [0, 0.05) is 12.8 Å². The molecule has 1 heterocycles. The second-order valence-corrected chi connectivity index (χ2v) is 4.26. The molecule has 0 aromatic heterocycles. The molecule has 0 bridgehead atoms. The van der Waals surface area contributed by atoms with Crippen molar-refractivity contribution < 1.29 is 28.8 Å². The van der Waals surface area contributed by atoms with Gasteiger partial charge in [0.15, 0.2) is 5.41 Å². The number of ether oxygens (including phenoxy) is 1. The quantitative estimate of drug-likeness (QED) is 0.397. The van der Waals surface area contributed by atoms with Crippen LogP contribution in [0.5, 0.6) is 0 Å². The SMILES string of the molecule is CCOC(=O)C1(C(=O)ON2C(=O)CCC2=O)CC1. The number of amides is 2. The smallest absolute Gasteiger partial charge is 0.350 e. The third kappa shape index (κ3) is 1.96. The van der Waals surface area contributed by atoms with Crippen molar-refractivity contribution >= 4 is 23.8 Å². The van der Waals surface area contributed by atoms with E-state index in [2.05, 4.69) is 0 Å². The number of rotatable bonds is 4. The normalized spacial score (nSPS) is 20.8. The van der Waals surface area contributed by atoms with Gasteiger partial charge in [-0.1, -0.05) is 0 Å². The first-order valence-electron chi connectivity index (χ1n) is 5.76. The summed E-state index contributed by atoms with van der Waals surface area (Å²) in [6.45, 7) is 1.79. The Bertz CT molecular complexity index is 409. The molecule has 7 heteroatoms. The van der Waals surface area contributed by atoms with Crippen LogP contribution < -0.4 is 0 Å². The molecule has 2 rings (SSSR count). The summed E-state index contributed by atoms with van der Waals surface area (Å²) in [6, 6.07) is 0. The minimum Gasteiger partial charge on any atom is -0.465 e. The standard InChI is InChI=1S/C11H13NO6/c1-2-17-9(15)11(5-6-11)10(16)18-12-7(13)3-4-8(12)14/h2-6H2,1H3. The highest BCUT2D eigenvalue weighted by atomic mass is 16.7. The fourth-order valence-corrected chi connectivity index (χ4v) is 1.71. The molecular weight excluding hydrogens is 242 g/mol. The van der Waals surface area contributed by atoms with Gasteiger partial charge < -0.3 is 9.57 Å². The van der Waals surface area contributed by atoms with E-state index in [9.17, 15) is 19.2 Å². The van der Waals surface area contributed by atoms with Gasteiger partial charge in [-0.05, 0) is 19.8 Å². The van der Waals surface area contributed by atoms with Crippen LogP contribution >= 0.6 is 0 Å². The second-order valence-electron chi connectivity index (χ2n) is 4.26. The maximum absolute atomic E-state index is 11.8. The lowest BCUT2D eigenvalue weighted by Crippen LogP contribution is -2.38. The lowest BCUT2D eigenvalue weighted by atomic mass is 10.1. The Kier molecular flexibility index (Phi) is 3.06. The number of nitrogens with zero attached hydrogens (tertiary/aromatic N) is 1. The van der Waals surface area contributed by atoms with Crippen LogP contribution in [-0.4, -0.2) is 35.4 Å². The van der Waals surface area contributed by atoms with Crippen LogP contribution in [0.15, 0.2) is 0 Å². The van der Waals surface area contributed by atoms with Crippen molar-refractivity contribution in [2.75, 3.05) is 6.61 Å². The fraction of sp³-hybridized carbons (Fsp3) is 0.636. The number of carbonyl (C=O) groups is 4. The van der Waals surface area contributed by atoms with Gasteiger partial charge in [0.05, 0.1) is 6.61 Å². The summed E-state index contributed by atoms with van der Waals surface area (Å²) in [5.74, 6) is -2.67. The van der Waals surface area contributed by atoms with Crippen LogP contribution in [0.4, 0.5) is 0 Å². The van der Waals surface area contributed by atoms with Gasteiger partial charge in [0.25, 0.3) is 11.8 Å². The number of carbonyl (C=O) groups excluding carboxylic acids is 4. The molecule has 2 aliphatic rings. The molecule has 2 fully saturated rings. The zero-order valence-electron chi connectivity index (χ0n) is 9.93. The topological polar surface area (TPSA) is 90.0 Å². The van der Waals surface area contributed by atoms with E-state index < -0.39 is 29.2 Å². The molecule has 1 aliphatic heterocycles. The van der Waals surface area contributed by atoms with Gasteiger partial charge in [0.2, 0.25) is 0 Å². The number of hydrogen-bond donors (Lipinski definition) is 0. The molecule has 0 spiro atoms. The van der Waals surface area contributed by atoms with E-state index in [-0.39, 0.29) is 19.4 Å². The van der Waals surface area contributed by atoms with Gasteiger partial charge in [-0.15, -0.1) is 5.06 Å². The van der Waals surface area contributed by atoms with Crippen LogP contribution in [0.2, 0.25) is 0 Å². The minimum atomic E-state index is -1.32. The van der Waals surface area contributed by atoms with Crippen LogP contribution in [-0.2, 0) is 28.8 Å². The van der Waals surface area contributed by atoms with Crippen molar-refractivity contribution in [3.8, 4) is 0 Å². The Balaban J connectivity index is 2.02. The summed E-state index contributed by atoms with van der Waals surface area (Å²) in [7, 11) is 0.